The highest BCUT2D eigenvalue weighted by Gasteiger charge is 2.34. The molecule has 1 heterocycles. The van der Waals surface area contributed by atoms with Gasteiger partial charge in [-0.25, -0.2) is 5.01 Å². The smallest absolute Gasteiger partial charge is 0.347 e. The van der Waals surface area contributed by atoms with Crippen molar-refractivity contribution in [2.45, 2.75) is 25.1 Å². The molecule has 1 fully saturated rings. The number of benzene rings is 3. The summed E-state index contributed by atoms with van der Waals surface area (Å²) in [4.78, 5) is 13.3. The Morgan fingerprint density at radius 3 is 2.22 bits per heavy atom. The van der Waals surface area contributed by atoms with Gasteiger partial charge in [0, 0.05) is 28.9 Å². The van der Waals surface area contributed by atoms with Gasteiger partial charge in [0.05, 0.1) is 11.3 Å². The normalized spacial score (nSPS) is 14.6. The Hall–Kier alpha value is -3.15. The van der Waals surface area contributed by atoms with Crippen molar-refractivity contribution in [3.8, 4) is 0 Å². The fourth-order valence-electron chi connectivity index (χ4n) is 3.95. The van der Waals surface area contributed by atoms with E-state index in [1.54, 1.807) is 42.5 Å². The second kappa shape index (κ2) is 11.9. The largest absolute Gasteiger partial charge is 0.418 e. The number of carbonyl (C=O) groups excluding carboxylic acids is 1. The number of anilines is 3. The van der Waals surface area contributed by atoms with Gasteiger partial charge in [0.1, 0.15) is 6.04 Å². The first kappa shape index (κ1) is 26.9. The number of hydrazine groups is 1. The molecule has 0 radical (unpaired) electrons. The van der Waals surface area contributed by atoms with E-state index >= 15 is 0 Å². The van der Waals surface area contributed by atoms with Crippen LogP contribution in [0, 0.1) is 0 Å². The highest BCUT2D eigenvalue weighted by Crippen LogP contribution is 2.36. The number of halogens is 4. The minimum Gasteiger partial charge on any atom is -0.347 e. The van der Waals surface area contributed by atoms with E-state index in [0.29, 0.717) is 11.3 Å². The average molecular weight is 592 g/mol. The zero-order chi connectivity index (χ0) is 26.4. The van der Waals surface area contributed by atoms with E-state index in [1.165, 1.54) is 12.1 Å². The van der Waals surface area contributed by atoms with Crippen LogP contribution in [0.5, 0.6) is 0 Å². The number of thiocarbonyl (C=S) groups is 1. The molecule has 0 aromatic heterocycles. The van der Waals surface area contributed by atoms with Gasteiger partial charge in [0.2, 0.25) is 0 Å². The molecule has 0 bridgehead atoms. The zero-order valence-electron chi connectivity index (χ0n) is 19.6. The van der Waals surface area contributed by atoms with Gasteiger partial charge in [-0.3, -0.25) is 4.79 Å². The number of hydrogen-bond donors (Lipinski definition) is 4. The number of rotatable bonds is 7. The molecule has 1 unspecified atom stereocenters. The van der Waals surface area contributed by atoms with E-state index < -0.39 is 23.7 Å². The van der Waals surface area contributed by atoms with Crippen LogP contribution in [-0.2, 0) is 11.0 Å². The van der Waals surface area contributed by atoms with Gasteiger partial charge in [-0.1, -0.05) is 46.3 Å². The number of alkyl halides is 3. The molecular weight excluding hydrogens is 567 g/mol. The summed E-state index contributed by atoms with van der Waals surface area (Å²) in [5.41, 5.74) is 4.33. The minimum atomic E-state index is -4.59. The van der Waals surface area contributed by atoms with Crippen LogP contribution < -0.4 is 21.4 Å². The van der Waals surface area contributed by atoms with Crippen LogP contribution >= 0.6 is 28.1 Å². The van der Waals surface area contributed by atoms with Gasteiger partial charge in [0.15, 0.2) is 5.11 Å². The van der Waals surface area contributed by atoms with Crippen LogP contribution in [0.1, 0.15) is 30.0 Å². The van der Waals surface area contributed by atoms with Crippen LogP contribution in [-0.4, -0.2) is 29.1 Å². The molecule has 3 aromatic carbocycles. The van der Waals surface area contributed by atoms with Crippen LogP contribution in [0.2, 0.25) is 0 Å². The average Bonchev–Trinajstić information content (AvgIpc) is 3.38. The lowest BCUT2D eigenvalue weighted by Gasteiger charge is -2.22. The first-order valence-corrected chi connectivity index (χ1v) is 12.8. The number of hydrogen-bond acceptors (Lipinski definition) is 4. The van der Waals surface area contributed by atoms with E-state index in [2.05, 4.69) is 42.3 Å². The maximum atomic E-state index is 13.5. The highest BCUT2D eigenvalue weighted by atomic mass is 79.9. The summed E-state index contributed by atoms with van der Waals surface area (Å²) in [6, 6.07) is 18.9. The maximum absolute atomic E-state index is 13.5. The van der Waals surface area contributed by atoms with Crippen molar-refractivity contribution in [3.05, 3.63) is 88.4 Å². The first-order chi connectivity index (χ1) is 17.7. The van der Waals surface area contributed by atoms with Crippen molar-refractivity contribution in [2.24, 2.45) is 0 Å². The van der Waals surface area contributed by atoms with Crippen molar-refractivity contribution < 1.29 is 18.0 Å². The molecule has 0 spiro atoms. The Morgan fingerprint density at radius 1 is 0.919 bits per heavy atom. The van der Waals surface area contributed by atoms with Crippen molar-refractivity contribution in [1.29, 1.82) is 0 Å². The molecule has 0 saturated carbocycles. The topological polar surface area (TPSA) is 68.4 Å². The van der Waals surface area contributed by atoms with Gasteiger partial charge in [-0.15, -0.1) is 0 Å². The molecule has 1 saturated heterocycles. The highest BCUT2D eigenvalue weighted by molar-refractivity contribution is 9.10. The predicted molar refractivity (Wildman–Crippen MR) is 147 cm³/mol. The third-order valence-electron chi connectivity index (χ3n) is 5.75. The van der Waals surface area contributed by atoms with Gasteiger partial charge in [0.25, 0.3) is 5.91 Å². The standard InChI is InChI=1S/C26H25BrF3N5OS/c27-18-8-13-22(21(16-18)26(28,29)30)32-25(37)33-23(17-6-2-1-3-7-17)24(36)31-19-9-11-20(12-10-19)34-35-14-4-5-15-35/h1-3,6-13,16,23,34H,4-5,14-15H2,(H,31,36)(H2,32,33,37). The number of carbonyl (C=O) groups is 1. The third kappa shape index (κ3) is 7.43. The number of nitrogens with zero attached hydrogens (tertiary/aromatic N) is 1. The Labute approximate surface area is 226 Å². The van der Waals surface area contributed by atoms with E-state index in [1.807, 2.05) is 12.1 Å². The fraction of sp³-hybridized carbons (Fsp3) is 0.231. The summed E-state index contributed by atoms with van der Waals surface area (Å²) in [5.74, 6) is -0.414. The quantitative estimate of drug-likeness (QED) is 0.233. The molecular formula is C26H25BrF3N5OS. The Bertz CT molecular complexity index is 1240. The van der Waals surface area contributed by atoms with Crippen LogP contribution in [0.15, 0.2) is 77.3 Å². The third-order valence-corrected chi connectivity index (χ3v) is 6.46. The summed E-state index contributed by atoms with van der Waals surface area (Å²) < 4.78 is 40.9. The van der Waals surface area contributed by atoms with E-state index in [0.717, 1.165) is 37.7 Å². The van der Waals surface area contributed by atoms with Gasteiger partial charge in [-0.05, 0) is 73.1 Å². The molecule has 1 aliphatic rings. The lowest BCUT2D eigenvalue weighted by atomic mass is 10.1. The molecule has 11 heteroatoms. The number of nitrogens with one attached hydrogen (secondary N) is 4. The summed E-state index contributed by atoms with van der Waals surface area (Å²) in [6.07, 6.45) is -2.27. The van der Waals surface area contributed by atoms with Crippen molar-refractivity contribution in [3.63, 3.8) is 0 Å². The van der Waals surface area contributed by atoms with Crippen molar-refractivity contribution in [2.75, 3.05) is 29.1 Å². The first-order valence-electron chi connectivity index (χ1n) is 11.6. The molecule has 1 aliphatic heterocycles. The van der Waals surface area contributed by atoms with Gasteiger partial charge in [-0.2, -0.15) is 13.2 Å². The summed E-state index contributed by atoms with van der Waals surface area (Å²) in [6.45, 7) is 1.98. The predicted octanol–water partition coefficient (Wildman–Crippen LogP) is 6.56. The van der Waals surface area contributed by atoms with Crippen molar-refractivity contribution in [1.82, 2.24) is 10.3 Å². The number of amides is 1. The lowest BCUT2D eigenvalue weighted by molar-refractivity contribution is -0.137. The minimum absolute atomic E-state index is 0.123. The van der Waals surface area contributed by atoms with Crippen molar-refractivity contribution >= 4 is 56.2 Å². The SMILES string of the molecule is O=C(Nc1ccc(NN2CCCC2)cc1)C(NC(=S)Nc1ccc(Br)cc1C(F)(F)F)c1ccccc1. The summed E-state index contributed by atoms with van der Waals surface area (Å²) in [7, 11) is 0. The Morgan fingerprint density at radius 2 is 1.57 bits per heavy atom. The van der Waals surface area contributed by atoms with Crippen LogP contribution in [0.3, 0.4) is 0 Å². The van der Waals surface area contributed by atoms with E-state index in [4.69, 9.17) is 12.2 Å². The molecule has 3 aromatic rings. The lowest BCUT2D eigenvalue weighted by Crippen LogP contribution is -2.39. The van der Waals surface area contributed by atoms with E-state index in [-0.39, 0.29) is 15.3 Å². The fourth-order valence-corrected chi connectivity index (χ4v) is 4.54. The Kier molecular flexibility index (Phi) is 8.67. The molecule has 1 atom stereocenters. The molecule has 37 heavy (non-hydrogen) atoms. The second-order valence-corrected chi connectivity index (χ2v) is 9.83. The molecule has 0 aliphatic carbocycles. The maximum Gasteiger partial charge on any atom is 0.418 e. The molecule has 194 valence electrons. The van der Waals surface area contributed by atoms with Gasteiger partial charge < -0.3 is 21.4 Å². The second-order valence-electron chi connectivity index (χ2n) is 8.50. The monoisotopic (exact) mass is 591 g/mol. The van der Waals surface area contributed by atoms with Gasteiger partial charge >= 0.3 is 6.18 Å². The van der Waals surface area contributed by atoms with Crippen LogP contribution in [0.4, 0.5) is 30.2 Å². The van der Waals surface area contributed by atoms with E-state index in [9.17, 15) is 18.0 Å². The summed E-state index contributed by atoms with van der Waals surface area (Å²) >= 11 is 8.37. The molecule has 6 nitrogen and oxygen atoms in total. The summed E-state index contributed by atoms with van der Waals surface area (Å²) in [5, 5.41) is 10.3. The zero-order valence-corrected chi connectivity index (χ0v) is 22.0. The molecule has 1 amide bonds. The van der Waals surface area contributed by atoms with Crippen LogP contribution in [0.25, 0.3) is 0 Å². The molecule has 4 N–H and O–H groups in total. The Balaban J connectivity index is 1.47. The molecule has 4 rings (SSSR count).